The van der Waals surface area contributed by atoms with Crippen LogP contribution in [0.5, 0.6) is 0 Å². The van der Waals surface area contributed by atoms with E-state index in [4.69, 9.17) is 4.74 Å². The third kappa shape index (κ3) is 3.71. The minimum atomic E-state index is -3.74. The predicted octanol–water partition coefficient (Wildman–Crippen LogP) is 2.90. The number of rotatable bonds is 5. The molecule has 0 unspecified atom stereocenters. The Morgan fingerprint density at radius 2 is 1.96 bits per heavy atom. The normalized spacial score (nSPS) is 25.5. The van der Waals surface area contributed by atoms with E-state index in [9.17, 15) is 13.2 Å². The maximum Gasteiger partial charge on any atom is 0.324 e. The first-order valence-corrected chi connectivity index (χ1v) is 10.3. The molecule has 128 valence electrons. The van der Waals surface area contributed by atoms with Crippen molar-refractivity contribution in [1.82, 2.24) is 4.31 Å². The molecule has 0 aromatic heterocycles. The minimum absolute atomic E-state index is 0.0943. The number of sulfonamides is 1. The van der Waals surface area contributed by atoms with Crippen molar-refractivity contribution in [2.75, 3.05) is 7.11 Å². The van der Waals surface area contributed by atoms with Crippen LogP contribution in [0.2, 0.25) is 0 Å². The number of hydrogen-bond donors (Lipinski definition) is 0. The lowest BCUT2D eigenvalue weighted by Gasteiger charge is -2.28. The molecule has 0 amide bonds. The first kappa shape index (κ1) is 18.7. The van der Waals surface area contributed by atoms with E-state index < -0.39 is 22.0 Å². The summed E-state index contributed by atoms with van der Waals surface area (Å²) in [4.78, 5) is 12.3. The maximum absolute atomic E-state index is 13.1. The molecule has 1 fully saturated rings. The van der Waals surface area contributed by atoms with Crippen LogP contribution in [0.3, 0.4) is 0 Å². The van der Waals surface area contributed by atoms with Gasteiger partial charge in [0.2, 0.25) is 10.0 Å². The van der Waals surface area contributed by atoms with Crippen LogP contribution in [0.25, 0.3) is 0 Å². The average Bonchev–Trinajstić information content (AvgIpc) is 2.85. The summed E-state index contributed by atoms with van der Waals surface area (Å²) in [5.41, 5.74) is 0.992. The molecule has 0 saturated carbocycles. The lowest BCUT2D eigenvalue weighted by atomic mass is 10.1. The largest absolute Gasteiger partial charge is 0.468 e. The van der Waals surface area contributed by atoms with E-state index in [-0.39, 0.29) is 14.9 Å². The number of benzene rings is 1. The molecule has 5 nitrogen and oxygen atoms in total. The Bertz CT molecular complexity index is 659. The third-order valence-electron chi connectivity index (χ3n) is 4.15. The Labute approximate surface area is 151 Å². The molecule has 0 aliphatic carbocycles. The highest BCUT2D eigenvalue weighted by Crippen LogP contribution is 2.38. The molecule has 0 bridgehead atoms. The number of carbonyl (C=O) groups excluding carboxylic acids is 1. The van der Waals surface area contributed by atoms with Crippen LogP contribution in [0.15, 0.2) is 29.2 Å². The van der Waals surface area contributed by atoms with Gasteiger partial charge in [-0.15, -0.1) is 0 Å². The van der Waals surface area contributed by atoms with E-state index in [0.717, 1.165) is 18.4 Å². The number of nitrogens with zero attached hydrogens (tertiary/aromatic N) is 1. The molecule has 1 aromatic rings. The Morgan fingerprint density at radius 3 is 2.48 bits per heavy atom. The van der Waals surface area contributed by atoms with Gasteiger partial charge in [-0.25, -0.2) is 8.42 Å². The van der Waals surface area contributed by atoms with Crippen molar-refractivity contribution in [3.63, 3.8) is 0 Å². The fourth-order valence-electron chi connectivity index (χ4n) is 2.98. The number of methoxy groups -OCH3 is 1. The first-order valence-electron chi connectivity index (χ1n) is 7.65. The molecule has 0 spiro atoms. The molecule has 1 aromatic carbocycles. The number of ether oxygens (including phenoxy) is 1. The van der Waals surface area contributed by atoms with Crippen molar-refractivity contribution in [3.05, 3.63) is 29.8 Å². The Morgan fingerprint density at radius 1 is 1.35 bits per heavy atom. The number of halogens is 1. The van der Waals surface area contributed by atoms with E-state index >= 15 is 0 Å². The van der Waals surface area contributed by atoms with E-state index in [0.29, 0.717) is 6.42 Å². The van der Waals surface area contributed by atoms with Gasteiger partial charge < -0.3 is 4.74 Å². The van der Waals surface area contributed by atoms with Crippen LogP contribution < -0.4 is 0 Å². The van der Waals surface area contributed by atoms with Gasteiger partial charge in [-0.2, -0.15) is 4.31 Å². The summed E-state index contributed by atoms with van der Waals surface area (Å²) >= 11 is 2.25. The summed E-state index contributed by atoms with van der Waals surface area (Å²) < 4.78 is 32.6. The van der Waals surface area contributed by atoms with Gasteiger partial charge in [0, 0.05) is 9.97 Å². The van der Waals surface area contributed by atoms with E-state index in [1.165, 1.54) is 11.4 Å². The van der Waals surface area contributed by atoms with Gasteiger partial charge in [0.05, 0.1) is 12.0 Å². The van der Waals surface area contributed by atoms with Gasteiger partial charge in [-0.3, -0.25) is 4.79 Å². The van der Waals surface area contributed by atoms with Crippen LogP contribution in [-0.2, 0) is 19.6 Å². The Kier molecular flexibility index (Phi) is 6.07. The lowest BCUT2D eigenvalue weighted by Crippen LogP contribution is -2.46. The molecule has 1 heterocycles. The Hall–Kier alpha value is -0.670. The van der Waals surface area contributed by atoms with Crippen molar-refractivity contribution in [3.8, 4) is 0 Å². The quantitative estimate of drug-likeness (QED) is 0.393. The molecule has 2 rings (SSSR count). The minimum Gasteiger partial charge on any atom is -0.468 e. The highest BCUT2D eigenvalue weighted by Gasteiger charge is 2.49. The van der Waals surface area contributed by atoms with Gasteiger partial charge in [0.25, 0.3) is 0 Å². The highest BCUT2D eigenvalue weighted by atomic mass is 127. The van der Waals surface area contributed by atoms with Crippen molar-refractivity contribution >= 4 is 38.6 Å². The second kappa shape index (κ2) is 7.48. The fourth-order valence-corrected chi connectivity index (χ4v) is 6.23. The summed E-state index contributed by atoms with van der Waals surface area (Å²) in [6, 6.07) is 5.81. The average molecular weight is 451 g/mol. The SMILES string of the molecule is CCC[C@H]1[C@H](I)C[C@@H](C(=O)OC)N1S(=O)(=O)c1ccc(C)cc1. The maximum atomic E-state index is 13.1. The molecule has 1 saturated heterocycles. The van der Waals surface area contributed by atoms with Crippen molar-refractivity contribution in [1.29, 1.82) is 0 Å². The summed E-state index contributed by atoms with van der Waals surface area (Å²) in [5.74, 6) is -0.485. The van der Waals surface area contributed by atoms with Gasteiger partial charge in [0.15, 0.2) is 0 Å². The van der Waals surface area contributed by atoms with Crippen molar-refractivity contribution < 1.29 is 17.9 Å². The zero-order valence-corrected chi connectivity index (χ0v) is 16.5. The number of hydrogen-bond acceptors (Lipinski definition) is 4. The van der Waals surface area contributed by atoms with Gasteiger partial charge in [-0.1, -0.05) is 53.6 Å². The van der Waals surface area contributed by atoms with Crippen molar-refractivity contribution in [2.24, 2.45) is 0 Å². The van der Waals surface area contributed by atoms with E-state index in [2.05, 4.69) is 22.6 Å². The van der Waals surface area contributed by atoms with Crippen molar-refractivity contribution in [2.45, 2.75) is 54.0 Å². The topological polar surface area (TPSA) is 63.7 Å². The summed E-state index contributed by atoms with van der Waals surface area (Å²) in [6.07, 6.45) is 2.08. The fraction of sp³-hybridized carbons (Fsp3) is 0.562. The molecular weight excluding hydrogens is 429 g/mol. The first-order chi connectivity index (χ1) is 10.8. The number of carbonyl (C=O) groups is 1. The van der Waals surface area contributed by atoms with Crippen LogP contribution in [0, 0.1) is 6.92 Å². The second-order valence-electron chi connectivity index (χ2n) is 5.79. The molecule has 3 atom stereocenters. The number of aryl methyl sites for hydroxylation is 1. The molecule has 1 aliphatic rings. The van der Waals surface area contributed by atoms with Crippen LogP contribution in [0.1, 0.15) is 31.7 Å². The molecular formula is C16H22INO4S. The lowest BCUT2D eigenvalue weighted by molar-refractivity contribution is -0.144. The third-order valence-corrected chi connectivity index (χ3v) is 7.44. The molecule has 1 aliphatic heterocycles. The van der Waals surface area contributed by atoms with Gasteiger partial charge in [-0.05, 0) is 31.9 Å². The molecule has 23 heavy (non-hydrogen) atoms. The summed E-state index contributed by atoms with van der Waals surface area (Å²) in [6.45, 7) is 3.93. The van der Waals surface area contributed by atoms with Crippen LogP contribution in [0.4, 0.5) is 0 Å². The summed E-state index contributed by atoms with van der Waals surface area (Å²) in [7, 11) is -2.44. The smallest absolute Gasteiger partial charge is 0.324 e. The van der Waals surface area contributed by atoms with Gasteiger partial charge >= 0.3 is 5.97 Å². The number of esters is 1. The van der Waals surface area contributed by atoms with E-state index in [1.807, 2.05) is 13.8 Å². The zero-order valence-electron chi connectivity index (χ0n) is 13.5. The molecule has 0 radical (unpaired) electrons. The molecule has 0 N–H and O–H groups in total. The second-order valence-corrected chi connectivity index (χ2v) is 9.24. The monoisotopic (exact) mass is 451 g/mol. The van der Waals surface area contributed by atoms with Crippen LogP contribution >= 0.6 is 22.6 Å². The predicted molar refractivity (Wildman–Crippen MR) is 97.1 cm³/mol. The standard InChI is InChI=1S/C16H22INO4S/c1-4-5-14-13(17)10-15(16(19)22-3)18(14)23(20,21)12-8-6-11(2)7-9-12/h6-9,13-15H,4-5,10H2,1-3H3/t13-,14+,15+/m1/s1. The number of alkyl halides is 1. The van der Waals surface area contributed by atoms with Gasteiger partial charge in [0.1, 0.15) is 6.04 Å². The van der Waals surface area contributed by atoms with E-state index in [1.54, 1.807) is 24.3 Å². The zero-order chi connectivity index (χ0) is 17.2. The van der Waals surface area contributed by atoms with Crippen LogP contribution in [-0.4, -0.2) is 41.8 Å². The molecule has 7 heteroatoms. The summed E-state index contributed by atoms with van der Waals surface area (Å²) in [5, 5.41) is 0. The Balaban J connectivity index is 2.47. The highest BCUT2D eigenvalue weighted by molar-refractivity contribution is 14.1.